The van der Waals surface area contributed by atoms with Gasteiger partial charge in [0.15, 0.2) is 0 Å². The third-order valence-electron chi connectivity index (χ3n) is 5.14. The molecule has 1 unspecified atom stereocenters. The molecule has 0 aliphatic carbocycles. The molecular formula is C24H26N4O3. The first kappa shape index (κ1) is 20.7. The van der Waals surface area contributed by atoms with Gasteiger partial charge >= 0.3 is 6.03 Å². The molecule has 1 aliphatic heterocycles. The second kappa shape index (κ2) is 9.95. The summed E-state index contributed by atoms with van der Waals surface area (Å²) >= 11 is 0. The lowest BCUT2D eigenvalue weighted by Crippen LogP contribution is -2.35. The second-order valence-corrected chi connectivity index (χ2v) is 7.53. The van der Waals surface area contributed by atoms with Gasteiger partial charge in [-0.2, -0.15) is 0 Å². The molecule has 1 aliphatic rings. The predicted octanol–water partition coefficient (Wildman–Crippen LogP) is 3.96. The Kier molecular flexibility index (Phi) is 6.64. The molecule has 3 amide bonds. The molecular weight excluding hydrogens is 392 g/mol. The Morgan fingerprint density at radius 2 is 1.61 bits per heavy atom. The first-order chi connectivity index (χ1) is 15.2. The fraction of sp³-hybridized carbons (Fsp3) is 0.250. The van der Waals surface area contributed by atoms with Crippen molar-refractivity contribution in [3.63, 3.8) is 0 Å². The summed E-state index contributed by atoms with van der Waals surface area (Å²) in [5.74, 6) is -0.0938. The number of nitrogens with zero attached hydrogens (tertiary/aromatic N) is 1. The molecule has 0 bridgehead atoms. The van der Waals surface area contributed by atoms with Crippen molar-refractivity contribution in [2.45, 2.75) is 25.4 Å². The van der Waals surface area contributed by atoms with Crippen LogP contribution in [-0.4, -0.2) is 35.8 Å². The van der Waals surface area contributed by atoms with Crippen molar-refractivity contribution < 1.29 is 14.3 Å². The Morgan fingerprint density at radius 3 is 2.26 bits per heavy atom. The van der Waals surface area contributed by atoms with Gasteiger partial charge in [0, 0.05) is 42.6 Å². The fourth-order valence-corrected chi connectivity index (χ4v) is 3.51. The summed E-state index contributed by atoms with van der Waals surface area (Å²) in [6.45, 7) is 1.27. The minimum Gasteiger partial charge on any atom is -0.376 e. The highest BCUT2D eigenvalue weighted by molar-refractivity contribution is 5.93. The third kappa shape index (κ3) is 5.96. The monoisotopic (exact) mass is 418 g/mol. The van der Waals surface area contributed by atoms with Crippen LogP contribution in [0.15, 0.2) is 73.1 Å². The molecule has 2 heterocycles. The number of ether oxygens (including phenoxy) is 1. The van der Waals surface area contributed by atoms with Gasteiger partial charge in [0.1, 0.15) is 0 Å². The molecule has 1 atom stereocenters. The summed E-state index contributed by atoms with van der Waals surface area (Å²) in [4.78, 5) is 24.3. The van der Waals surface area contributed by atoms with Crippen LogP contribution in [0.25, 0.3) is 5.69 Å². The van der Waals surface area contributed by atoms with Gasteiger partial charge in [-0.1, -0.05) is 12.1 Å². The summed E-state index contributed by atoms with van der Waals surface area (Å²) in [5, 5.41) is 8.48. The van der Waals surface area contributed by atoms with Crippen LogP contribution in [0.3, 0.4) is 0 Å². The number of benzene rings is 2. The fourth-order valence-electron chi connectivity index (χ4n) is 3.51. The van der Waals surface area contributed by atoms with Gasteiger partial charge in [-0.05, 0) is 66.9 Å². The van der Waals surface area contributed by atoms with E-state index in [1.807, 2.05) is 53.4 Å². The van der Waals surface area contributed by atoms with Crippen LogP contribution in [0.2, 0.25) is 0 Å². The summed E-state index contributed by atoms with van der Waals surface area (Å²) in [6, 6.07) is 18.6. The molecule has 0 spiro atoms. The number of urea groups is 1. The second-order valence-electron chi connectivity index (χ2n) is 7.53. The summed E-state index contributed by atoms with van der Waals surface area (Å²) < 4.78 is 7.50. The van der Waals surface area contributed by atoms with Gasteiger partial charge in [0.25, 0.3) is 0 Å². The van der Waals surface area contributed by atoms with E-state index in [4.69, 9.17) is 4.74 Å². The van der Waals surface area contributed by atoms with Gasteiger partial charge in [-0.25, -0.2) is 4.79 Å². The van der Waals surface area contributed by atoms with E-state index < -0.39 is 0 Å². The van der Waals surface area contributed by atoms with Gasteiger partial charge < -0.3 is 25.3 Å². The first-order valence-corrected chi connectivity index (χ1v) is 10.4. The SMILES string of the molecule is O=C(Cc1ccc(-n2cccc2)cc1)Nc1ccc(NC(=O)NCC2CCCO2)cc1. The minimum atomic E-state index is -0.268. The molecule has 160 valence electrons. The van der Waals surface area contributed by atoms with E-state index in [-0.39, 0.29) is 24.5 Å². The number of hydrogen-bond acceptors (Lipinski definition) is 3. The molecule has 3 N–H and O–H groups in total. The molecule has 31 heavy (non-hydrogen) atoms. The average molecular weight is 418 g/mol. The number of anilines is 2. The molecule has 3 aromatic rings. The Balaban J connectivity index is 1.23. The summed E-state index contributed by atoms with van der Waals surface area (Å²) in [7, 11) is 0. The largest absolute Gasteiger partial charge is 0.376 e. The van der Waals surface area contributed by atoms with Gasteiger partial charge in [-0.3, -0.25) is 4.79 Å². The number of rotatable bonds is 7. The van der Waals surface area contributed by atoms with Crippen LogP contribution < -0.4 is 16.0 Å². The van der Waals surface area contributed by atoms with Gasteiger partial charge in [-0.15, -0.1) is 0 Å². The maximum Gasteiger partial charge on any atom is 0.319 e. The molecule has 1 saturated heterocycles. The highest BCUT2D eigenvalue weighted by Crippen LogP contribution is 2.15. The lowest BCUT2D eigenvalue weighted by atomic mass is 10.1. The average Bonchev–Trinajstić information content (AvgIpc) is 3.49. The predicted molar refractivity (Wildman–Crippen MR) is 121 cm³/mol. The van der Waals surface area contributed by atoms with E-state index in [0.717, 1.165) is 30.7 Å². The standard InChI is InChI=1S/C24H26N4O3/c29-23(16-18-5-11-21(12-6-18)28-13-1-2-14-28)26-19-7-9-20(10-8-19)27-24(30)25-17-22-4-3-15-31-22/h1-2,5-14,22H,3-4,15-17H2,(H,26,29)(H2,25,27,30). The maximum atomic E-state index is 12.4. The zero-order valence-corrected chi connectivity index (χ0v) is 17.2. The van der Waals surface area contributed by atoms with Crippen molar-refractivity contribution in [3.8, 4) is 5.69 Å². The van der Waals surface area contributed by atoms with Crippen LogP contribution >= 0.6 is 0 Å². The molecule has 0 saturated carbocycles. The Morgan fingerprint density at radius 1 is 0.935 bits per heavy atom. The smallest absolute Gasteiger partial charge is 0.319 e. The van der Waals surface area contributed by atoms with Crippen molar-refractivity contribution in [2.24, 2.45) is 0 Å². The van der Waals surface area contributed by atoms with Crippen LogP contribution in [-0.2, 0) is 16.0 Å². The molecule has 2 aromatic carbocycles. The van der Waals surface area contributed by atoms with Crippen molar-refractivity contribution in [1.82, 2.24) is 9.88 Å². The first-order valence-electron chi connectivity index (χ1n) is 10.4. The minimum absolute atomic E-state index is 0.0938. The molecule has 7 nitrogen and oxygen atoms in total. The zero-order chi connectivity index (χ0) is 21.5. The van der Waals surface area contributed by atoms with E-state index in [1.165, 1.54) is 0 Å². The number of carbonyl (C=O) groups is 2. The normalized spacial score (nSPS) is 15.4. The van der Waals surface area contributed by atoms with Crippen molar-refractivity contribution in [1.29, 1.82) is 0 Å². The maximum absolute atomic E-state index is 12.4. The van der Waals surface area contributed by atoms with Crippen LogP contribution in [0.1, 0.15) is 18.4 Å². The van der Waals surface area contributed by atoms with Gasteiger partial charge in [0.2, 0.25) is 5.91 Å². The van der Waals surface area contributed by atoms with Crippen LogP contribution in [0, 0.1) is 0 Å². The summed E-state index contributed by atoms with van der Waals surface area (Å²) in [5.41, 5.74) is 3.33. The Hall–Kier alpha value is -3.58. The van der Waals surface area contributed by atoms with Crippen molar-refractivity contribution in [3.05, 3.63) is 78.6 Å². The molecule has 1 aromatic heterocycles. The van der Waals surface area contributed by atoms with Crippen molar-refractivity contribution in [2.75, 3.05) is 23.8 Å². The van der Waals surface area contributed by atoms with Crippen LogP contribution in [0.4, 0.5) is 16.2 Å². The van der Waals surface area contributed by atoms with E-state index in [2.05, 4.69) is 16.0 Å². The van der Waals surface area contributed by atoms with E-state index in [9.17, 15) is 9.59 Å². The lowest BCUT2D eigenvalue weighted by molar-refractivity contribution is -0.115. The number of amides is 3. The van der Waals surface area contributed by atoms with E-state index in [1.54, 1.807) is 24.3 Å². The van der Waals surface area contributed by atoms with Crippen molar-refractivity contribution >= 4 is 23.3 Å². The zero-order valence-electron chi connectivity index (χ0n) is 17.2. The summed E-state index contributed by atoms with van der Waals surface area (Å²) in [6.07, 6.45) is 6.37. The quantitative estimate of drug-likeness (QED) is 0.543. The third-order valence-corrected chi connectivity index (χ3v) is 5.14. The van der Waals surface area contributed by atoms with Gasteiger partial charge in [0.05, 0.1) is 12.5 Å². The highest BCUT2D eigenvalue weighted by atomic mass is 16.5. The van der Waals surface area contributed by atoms with Crippen LogP contribution in [0.5, 0.6) is 0 Å². The van der Waals surface area contributed by atoms with E-state index in [0.29, 0.717) is 17.9 Å². The number of carbonyl (C=O) groups excluding carboxylic acids is 2. The molecule has 0 radical (unpaired) electrons. The molecule has 4 rings (SSSR count). The number of nitrogens with one attached hydrogen (secondary N) is 3. The van der Waals surface area contributed by atoms with E-state index >= 15 is 0 Å². The lowest BCUT2D eigenvalue weighted by Gasteiger charge is -2.12. The Bertz CT molecular complexity index is 992. The Labute approximate surface area is 181 Å². The highest BCUT2D eigenvalue weighted by Gasteiger charge is 2.16. The molecule has 7 heteroatoms. The number of hydrogen-bond donors (Lipinski definition) is 3. The number of aromatic nitrogens is 1. The topological polar surface area (TPSA) is 84.4 Å². The molecule has 1 fully saturated rings.